The molecule has 2 aromatic carbocycles. The Kier molecular flexibility index (Phi) is 5.94. The van der Waals surface area contributed by atoms with Crippen LogP contribution in [0.4, 0.5) is 4.79 Å². The van der Waals surface area contributed by atoms with E-state index in [1.165, 1.54) is 0 Å². The van der Waals surface area contributed by atoms with Gasteiger partial charge in [0.1, 0.15) is 0 Å². The van der Waals surface area contributed by atoms with Gasteiger partial charge in [-0.15, -0.1) is 0 Å². The first kappa shape index (κ1) is 18.7. The molecule has 0 fully saturated rings. The van der Waals surface area contributed by atoms with E-state index < -0.39 is 6.04 Å². The minimum Gasteiger partial charge on any atom is -0.349 e. The Bertz CT molecular complexity index is 907. The molecule has 6 heteroatoms. The summed E-state index contributed by atoms with van der Waals surface area (Å²) in [6, 6.07) is 16.0. The SMILES string of the molecule is CC1=C(C(=O)NCC=Cc2ccccc2)C(c2cccc(Cl)c2)NC(=O)N1. The monoisotopic (exact) mass is 381 g/mol. The molecular formula is C21H20ClN3O2. The second-order valence-corrected chi connectivity index (χ2v) is 6.58. The predicted octanol–water partition coefficient (Wildman–Crippen LogP) is 3.80. The fourth-order valence-electron chi connectivity index (χ4n) is 2.94. The van der Waals surface area contributed by atoms with Gasteiger partial charge >= 0.3 is 6.03 Å². The van der Waals surface area contributed by atoms with Crippen LogP contribution in [0.1, 0.15) is 24.1 Å². The van der Waals surface area contributed by atoms with E-state index in [0.29, 0.717) is 22.8 Å². The summed E-state index contributed by atoms with van der Waals surface area (Å²) in [5, 5.41) is 8.87. The molecule has 3 rings (SSSR count). The zero-order chi connectivity index (χ0) is 19.2. The molecule has 1 unspecified atom stereocenters. The van der Waals surface area contributed by atoms with E-state index in [1.54, 1.807) is 25.1 Å². The summed E-state index contributed by atoms with van der Waals surface area (Å²) in [6.45, 7) is 2.09. The average Bonchev–Trinajstić information content (AvgIpc) is 2.65. The average molecular weight is 382 g/mol. The summed E-state index contributed by atoms with van der Waals surface area (Å²) in [5.41, 5.74) is 2.80. The van der Waals surface area contributed by atoms with Gasteiger partial charge in [0.25, 0.3) is 5.91 Å². The van der Waals surface area contributed by atoms with Gasteiger partial charge in [-0.25, -0.2) is 4.79 Å². The van der Waals surface area contributed by atoms with E-state index in [0.717, 1.165) is 11.1 Å². The molecule has 0 aromatic heterocycles. The van der Waals surface area contributed by atoms with Crippen molar-refractivity contribution >= 4 is 29.6 Å². The minimum atomic E-state index is -0.560. The molecule has 1 atom stereocenters. The van der Waals surface area contributed by atoms with Crippen LogP contribution < -0.4 is 16.0 Å². The van der Waals surface area contributed by atoms with Crippen molar-refractivity contribution in [2.24, 2.45) is 0 Å². The molecule has 0 spiro atoms. The standard InChI is InChI=1S/C21H20ClN3O2/c1-14-18(20(26)23-12-6-9-15-7-3-2-4-8-15)19(25-21(27)24-14)16-10-5-11-17(22)13-16/h2-11,13,19H,12H2,1H3,(H,23,26)(H2,24,25,27). The Morgan fingerprint density at radius 1 is 1.19 bits per heavy atom. The lowest BCUT2D eigenvalue weighted by atomic mass is 9.95. The van der Waals surface area contributed by atoms with E-state index in [4.69, 9.17) is 11.6 Å². The Morgan fingerprint density at radius 2 is 1.96 bits per heavy atom. The van der Waals surface area contributed by atoms with Crippen LogP contribution in [-0.2, 0) is 4.79 Å². The smallest absolute Gasteiger partial charge is 0.319 e. The van der Waals surface area contributed by atoms with E-state index >= 15 is 0 Å². The molecule has 5 nitrogen and oxygen atoms in total. The van der Waals surface area contributed by atoms with Gasteiger partial charge in [-0.1, -0.05) is 66.2 Å². The van der Waals surface area contributed by atoms with Crippen LogP contribution >= 0.6 is 11.6 Å². The zero-order valence-electron chi connectivity index (χ0n) is 14.8. The van der Waals surface area contributed by atoms with Crippen LogP contribution in [-0.4, -0.2) is 18.5 Å². The van der Waals surface area contributed by atoms with E-state index in [1.807, 2.05) is 48.6 Å². The zero-order valence-corrected chi connectivity index (χ0v) is 15.6. The largest absolute Gasteiger partial charge is 0.349 e. The topological polar surface area (TPSA) is 70.2 Å². The van der Waals surface area contributed by atoms with Crippen molar-refractivity contribution in [2.45, 2.75) is 13.0 Å². The lowest BCUT2D eigenvalue weighted by molar-refractivity contribution is -0.117. The highest BCUT2D eigenvalue weighted by molar-refractivity contribution is 6.30. The first-order valence-corrected chi connectivity index (χ1v) is 8.96. The highest BCUT2D eigenvalue weighted by Crippen LogP contribution is 2.28. The number of nitrogens with one attached hydrogen (secondary N) is 3. The molecule has 27 heavy (non-hydrogen) atoms. The Hall–Kier alpha value is -3.05. The van der Waals surface area contributed by atoms with E-state index in [9.17, 15) is 9.59 Å². The number of hydrogen-bond donors (Lipinski definition) is 3. The molecule has 3 amide bonds. The maximum Gasteiger partial charge on any atom is 0.319 e. The minimum absolute atomic E-state index is 0.248. The number of amides is 3. The Morgan fingerprint density at radius 3 is 2.70 bits per heavy atom. The third-order valence-electron chi connectivity index (χ3n) is 4.19. The maximum atomic E-state index is 12.8. The number of benzene rings is 2. The van der Waals surface area contributed by atoms with Gasteiger partial charge in [0.15, 0.2) is 0 Å². The first-order chi connectivity index (χ1) is 13.0. The molecule has 3 N–H and O–H groups in total. The number of hydrogen-bond acceptors (Lipinski definition) is 2. The van der Waals surface area contributed by atoms with Crippen molar-refractivity contribution in [2.75, 3.05) is 6.54 Å². The van der Waals surface area contributed by atoms with Gasteiger partial charge < -0.3 is 16.0 Å². The molecule has 138 valence electrons. The highest BCUT2D eigenvalue weighted by Gasteiger charge is 2.30. The quantitative estimate of drug-likeness (QED) is 0.737. The summed E-state index contributed by atoms with van der Waals surface area (Å²) < 4.78 is 0. The van der Waals surface area contributed by atoms with E-state index in [2.05, 4.69) is 16.0 Å². The number of urea groups is 1. The van der Waals surface area contributed by atoms with Crippen molar-refractivity contribution in [1.82, 2.24) is 16.0 Å². The van der Waals surface area contributed by atoms with Gasteiger partial charge in [0.2, 0.25) is 0 Å². The normalized spacial score (nSPS) is 16.8. The molecule has 1 aliphatic heterocycles. The van der Waals surface area contributed by atoms with Crippen LogP contribution in [0.15, 0.2) is 71.9 Å². The van der Waals surface area contributed by atoms with Crippen molar-refractivity contribution in [1.29, 1.82) is 0 Å². The highest BCUT2D eigenvalue weighted by atomic mass is 35.5. The third kappa shape index (κ3) is 4.77. The number of halogens is 1. The van der Waals surface area contributed by atoms with Crippen LogP contribution in [0.2, 0.25) is 5.02 Å². The van der Waals surface area contributed by atoms with Crippen molar-refractivity contribution < 1.29 is 9.59 Å². The van der Waals surface area contributed by atoms with Crippen LogP contribution in [0.25, 0.3) is 6.08 Å². The predicted molar refractivity (Wildman–Crippen MR) is 107 cm³/mol. The number of rotatable bonds is 5. The fourth-order valence-corrected chi connectivity index (χ4v) is 3.14. The lowest BCUT2D eigenvalue weighted by Crippen LogP contribution is -2.47. The summed E-state index contributed by atoms with van der Waals surface area (Å²) in [7, 11) is 0. The molecular weight excluding hydrogens is 362 g/mol. The molecule has 0 radical (unpaired) electrons. The maximum absolute atomic E-state index is 12.8. The Balaban J connectivity index is 1.74. The van der Waals surface area contributed by atoms with Gasteiger partial charge in [0, 0.05) is 17.3 Å². The number of allylic oxidation sites excluding steroid dienone is 1. The first-order valence-electron chi connectivity index (χ1n) is 8.58. The molecule has 0 saturated heterocycles. The fraction of sp³-hybridized carbons (Fsp3) is 0.143. The van der Waals surface area contributed by atoms with Crippen LogP contribution in [0, 0.1) is 0 Å². The summed E-state index contributed by atoms with van der Waals surface area (Å²) in [6.07, 6.45) is 3.82. The van der Waals surface area contributed by atoms with Gasteiger partial charge in [-0.2, -0.15) is 0 Å². The molecule has 1 aliphatic rings. The molecule has 2 aromatic rings. The second-order valence-electron chi connectivity index (χ2n) is 6.15. The van der Waals surface area contributed by atoms with Gasteiger partial charge in [-0.3, -0.25) is 4.79 Å². The Labute approximate surface area is 163 Å². The summed E-state index contributed by atoms with van der Waals surface area (Å²) in [5.74, 6) is -0.248. The third-order valence-corrected chi connectivity index (χ3v) is 4.42. The van der Waals surface area contributed by atoms with Crippen molar-refractivity contribution in [3.8, 4) is 0 Å². The number of carbonyl (C=O) groups excluding carboxylic acids is 2. The van der Waals surface area contributed by atoms with Gasteiger partial charge in [-0.05, 0) is 30.2 Å². The van der Waals surface area contributed by atoms with E-state index in [-0.39, 0.29) is 11.9 Å². The van der Waals surface area contributed by atoms with Gasteiger partial charge in [0.05, 0.1) is 11.6 Å². The number of carbonyl (C=O) groups is 2. The molecule has 0 bridgehead atoms. The second kappa shape index (κ2) is 8.56. The lowest BCUT2D eigenvalue weighted by Gasteiger charge is -2.28. The molecule has 1 heterocycles. The summed E-state index contributed by atoms with van der Waals surface area (Å²) in [4.78, 5) is 24.7. The van der Waals surface area contributed by atoms with Crippen LogP contribution in [0.3, 0.4) is 0 Å². The van der Waals surface area contributed by atoms with Crippen molar-refractivity contribution in [3.63, 3.8) is 0 Å². The van der Waals surface area contributed by atoms with Crippen LogP contribution in [0.5, 0.6) is 0 Å². The molecule has 0 aliphatic carbocycles. The van der Waals surface area contributed by atoms with Crippen molar-refractivity contribution in [3.05, 3.63) is 88.1 Å². The molecule has 0 saturated carbocycles. The summed E-state index contributed by atoms with van der Waals surface area (Å²) >= 11 is 6.07.